The average Bonchev–Trinajstić information content (AvgIpc) is 3.30. The standard InChI is InChI=1S/C21H18N6O4/c28-19-15-4-2-8-23-18(15)24-21(30)27(19)14-5-9-26(10-6-14)20(29)16-11-17(31-25-16)13-3-1-7-22-12-13/h1-4,7-8,11-12,14H,5-6,9-10H2,(H,23,24,30). The Hall–Kier alpha value is -4.08. The summed E-state index contributed by atoms with van der Waals surface area (Å²) in [6.45, 7) is 0.797. The van der Waals surface area contributed by atoms with Gasteiger partial charge in [0, 0.05) is 49.4 Å². The highest BCUT2D eigenvalue weighted by Gasteiger charge is 2.28. The number of hydrogen-bond acceptors (Lipinski definition) is 7. The Bertz CT molecular complexity index is 1370. The third kappa shape index (κ3) is 3.41. The molecule has 1 aliphatic heterocycles. The van der Waals surface area contributed by atoms with E-state index in [1.807, 2.05) is 6.07 Å². The van der Waals surface area contributed by atoms with E-state index < -0.39 is 5.69 Å². The van der Waals surface area contributed by atoms with Gasteiger partial charge in [-0.1, -0.05) is 5.16 Å². The molecule has 1 amide bonds. The summed E-state index contributed by atoms with van der Waals surface area (Å²) < 4.78 is 6.53. The Morgan fingerprint density at radius 1 is 1.13 bits per heavy atom. The Morgan fingerprint density at radius 2 is 1.94 bits per heavy atom. The summed E-state index contributed by atoms with van der Waals surface area (Å²) in [5.41, 5.74) is 0.367. The van der Waals surface area contributed by atoms with E-state index in [1.54, 1.807) is 41.6 Å². The first-order valence-electron chi connectivity index (χ1n) is 9.88. The molecular weight excluding hydrogens is 400 g/mol. The Balaban J connectivity index is 1.33. The van der Waals surface area contributed by atoms with Crippen molar-refractivity contribution in [1.82, 2.24) is 29.6 Å². The van der Waals surface area contributed by atoms with Crippen LogP contribution in [-0.2, 0) is 0 Å². The zero-order valence-corrected chi connectivity index (χ0v) is 16.4. The number of carbonyl (C=O) groups is 1. The molecule has 0 aromatic carbocycles. The normalized spacial score (nSPS) is 14.8. The lowest BCUT2D eigenvalue weighted by Crippen LogP contribution is -2.45. The van der Waals surface area contributed by atoms with Crippen LogP contribution in [0, 0.1) is 0 Å². The number of amides is 1. The molecule has 4 aromatic heterocycles. The maximum Gasteiger partial charge on any atom is 0.330 e. The minimum Gasteiger partial charge on any atom is -0.355 e. The Kier molecular flexibility index (Phi) is 4.66. The molecule has 10 heteroatoms. The number of nitrogens with zero attached hydrogens (tertiary/aromatic N) is 5. The van der Waals surface area contributed by atoms with Crippen LogP contribution in [0.2, 0.25) is 0 Å². The number of fused-ring (bicyclic) bond motifs is 1. The molecule has 0 spiro atoms. The fourth-order valence-corrected chi connectivity index (χ4v) is 3.90. The second-order valence-electron chi connectivity index (χ2n) is 7.35. The van der Waals surface area contributed by atoms with Crippen molar-refractivity contribution in [3.8, 4) is 11.3 Å². The number of likely N-dealkylation sites (tertiary alicyclic amines) is 1. The maximum absolute atomic E-state index is 12.8. The average molecular weight is 418 g/mol. The zero-order chi connectivity index (χ0) is 21.4. The number of aromatic amines is 1. The second-order valence-corrected chi connectivity index (χ2v) is 7.35. The van der Waals surface area contributed by atoms with E-state index in [-0.39, 0.29) is 28.8 Å². The van der Waals surface area contributed by atoms with Gasteiger partial charge in [0.2, 0.25) is 0 Å². The molecule has 156 valence electrons. The molecule has 10 nitrogen and oxygen atoms in total. The molecule has 1 saturated heterocycles. The smallest absolute Gasteiger partial charge is 0.330 e. The number of aromatic nitrogens is 5. The van der Waals surface area contributed by atoms with Crippen LogP contribution in [0.5, 0.6) is 0 Å². The maximum atomic E-state index is 12.8. The van der Waals surface area contributed by atoms with Gasteiger partial charge in [-0.05, 0) is 37.1 Å². The molecule has 0 unspecified atom stereocenters. The van der Waals surface area contributed by atoms with Crippen LogP contribution in [0.3, 0.4) is 0 Å². The topological polar surface area (TPSA) is 127 Å². The second kappa shape index (κ2) is 7.63. The van der Waals surface area contributed by atoms with Crippen molar-refractivity contribution in [2.75, 3.05) is 13.1 Å². The van der Waals surface area contributed by atoms with Gasteiger partial charge in [0.25, 0.3) is 11.5 Å². The predicted molar refractivity (Wildman–Crippen MR) is 111 cm³/mol. The fourth-order valence-electron chi connectivity index (χ4n) is 3.90. The number of carbonyl (C=O) groups excluding carboxylic acids is 1. The molecule has 4 aromatic rings. The summed E-state index contributed by atoms with van der Waals surface area (Å²) in [5, 5.41) is 4.26. The number of piperidine rings is 1. The van der Waals surface area contributed by atoms with Gasteiger partial charge in [-0.15, -0.1) is 0 Å². The molecule has 0 saturated carbocycles. The van der Waals surface area contributed by atoms with E-state index in [0.717, 1.165) is 5.56 Å². The highest BCUT2D eigenvalue weighted by molar-refractivity contribution is 5.93. The SMILES string of the molecule is O=C(c1cc(-c2cccnc2)on1)N1CCC(n2c(=O)[nH]c3ncccc3c2=O)CC1. The predicted octanol–water partition coefficient (Wildman–Crippen LogP) is 1.61. The molecule has 0 aliphatic carbocycles. The number of rotatable bonds is 3. The van der Waals surface area contributed by atoms with Gasteiger partial charge in [0.05, 0.1) is 5.39 Å². The van der Waals surface area contributed by atoms with Gasteiger partial charge in [0.15, 0.2) is 11.5 Å². The van der Waals surface area contributed by atoms with Crippen molar-refractivity contribution in [3.05, 3.63) is 75.5 Å². The molecule has 5 rings (SSSR count). The summed E-state index contributed by atoms with van der Waals surface area (Å²) in [6, 6.07) is 8.19. The van der Waals surface area contributed by atoms with E-state index >= 15 is 0 Å². The Morgan fingerprint density at radius 3 is 2.71 bits per heavy atom. The van der Waals surface area contributed by atoms with Crippen LogP contribution < -0.4 is 11.2 Å². The molecule has 1 N–H and O–H groups in total. The van der Waals surface area contributed by atoms with Crippen LogP contribution >= 0.6 is 0 Å². The molecule has 31 heavy (non-hydrogen) atoms. The summed E-state index contributed by atoms with van der Waals surface area (Å²) in [6.07, 6.45) is 5.77. The van der Waals surface area contributed by atoms with Crippen molar-refractivity contribution in [2.45, 2.75) is 18.9 Å². The first-order valence-corrected chi connectivity index (χ1v) is 9.88. The molecular formula is C21H18N6O4. The number of pyridine rings is 2. The third-order valence-corrected chi connectivity index (χ3v) is 5.49. The summed E-state index contributed by atoms with van der Waals surface area (Å²) in [7, 11) is 0. The first-order chi connectivity index (χ1) is 15.1. The fraction of sp³-hybridized carbons (Fsp3) is 0.238. The molecule has 0 atom stereocenters. The van der Waals surface area contributed by atoms with Gasteiger partial charge < -0.3 is 9.42 Å². The van der Waals surface area contributed by atoms with Gasteiger partial charge >= 0.3 is 5.69 Å². The first kappa shape index (κ1) is 18.9. The largest absolute Gasteiger partial charge is 0.355 e. The van der Waals surface area contributed by atoms with Crippen LogP contribution in [0.25, 0.3) is 22.4 Å². The number of H-pyrrole nitrogens is 1. The lowest BCUT2D eigenvalue weighted by molar-refractivity contribution is 0.0681. The van der Waals surface area contributed by atoms with Crippen LogP contribution in [0.1, 0.15) is 29.4 Å². The minimum atomic E-state index is -0.487. The van der Waals surface area contributed by atoms with Gasteiger partial charge in [-0.25, -0.2) is 9.78 Å². The highest BCUT2D eigenvalue weighted by Crippen LogP contribution is 2.24. The monoisotopic (exact) mass is 418 g/mol. The van der Waals surface area contributed by atoms with Crippen molar-refractivity contribution < 1.29 is 9.32 Å². The lowest BCUT2D eigenvalue weighted by atomic mass is 10.0. The van der Waals surface area contributed by atoms with Crippen molar-refractivity contribution >= 4 is 16.9 Å². The van der Waals surface area contributed by atoms with E-state index in [9.17, 15) is 14.4 Å². The van der Waals surface area contributed by atoms with Crippen molar-refractivity contribution in [3.63, 3.8) is 0 Å². The summed E-state index contributed by atoms with van der Waals surface area (Å²) >= 11 is 0. The molecule has 0 radical (unpaired) electrons. The van der Waals surface area contributed by atoms with Gasteiger partial charge in [0.1, 0.15) is 5.65 Å². The molecule has 1 fully saturated rings. The summed E-state index contributed by atoms with van der Waals surface area (Å²) in [5.74, 6) is 0.218. The van der Waals surface area contributed by atoms with E-state index in [1.165, 1.54) is 10.8 Å². The van der Waals surface area contributed by atoms with E-state index in [4.69, 9.17) is 4.52 Å². The van der Waals surface area contributed by atoms with Crippen LogP contribution in [-0.4, -0.2) is 48.6 Å². The van der Waals surface area contributed by atoms with Crippen molar-refractivity contribution in [2.24, 2.45) is 0 Å². The molecule has 1 aliphatic rings. The quantitative estimate of drug-likeness (QED) is 0.535. The molecule has 0 bridgehead atoms. The Labute approximate surface area is 175 Å². The van der Waals surface area contributed by atoms with Crippen LogP contribution in [0.4, 0.5) is 0 Å². The van der Waals surface area contributed by atoms with Crippen molar-refractivity contribution in [1.29, 1.82) is 0 Å². The minimum absolute atomic E-state index is 0.212. The van der Waals surface area contributed by atoms with Gasteiger partial charge in [-0.3, -0.25) is 24.1 Å². The van der Waals surface area contributed by atoms with Crippen LogP contribution in [0.15, 0.2) is 63.0 Å². The van der Waals surface area contributed by atoms with E-state index in [2.05, 4.69) is 20.1 Å². The third-order valence-electron chi connectivity index (χ3n) is 5.49. The number of hydrogen-bond donors (Lipinski definition) is 1. The van der Waals surface area contributed by atoms with Gasteiger partial charge in [-0.2, -0.15) is 0 Å². The van der Waals surface area contributed by atoms with E-state index in [0.29, 0.717) is 37.1 Å². The number of nitrogens with one attached hydrogen (secondary N) is 1. The zero-order valence-electron chi connectivity index (χ0n) is 16.4. The lowest BCUT2D eigenvalue weighted by Gasteiger charge is -2.31. The molecule has 5 heterocycles. The summed E-state index contributed by atoms with van der Waals surface area (Å²) in [4.78, 5) is 50.5. The highest BCUT2D eigenvalue weighted by atomic mass is 16.5.